The molecule has 0 radical (unpaired) electrons. The zero-order chi connectivity index (χ0) is 16.7. The van der Waals surface area contributed by atoms with Gasteiger partial charge in [-0.25, -0.2) is 4.79 Å². The first-order valence-electron chi connectivity index (χ1n) is 6.93. The minimum Gasteiger partial charge on any atom is -0.493 e. The highest BCUT2D eigenvalue weighted by molar-refractivity contribution is 6.30. The number of para-hydroxylation sites is 2. The lowest BCUT2D eigenvalue weighted by Gasteiger charge is -2.09. The fourth-order valence-corrected chi connectivity index (χ4v) is 2.14. The molecule has 0 saturated heterocycles. The quantitative estimate of drug-likeness (QED) is 0.652. The van der Waals surface area contributed by atoms with Gasteiger partial charge in [-0.2, -0.15) is 0 Å². The molecule has 1 amide bonds. The normalized spacial score (nSPS) is 10.0. The van der Waals surface area contributed by atoms with E-state index < -0.39 is 5.97 Å². The van der Waals surface area contributed by atoms with Gasteiger partial charge in [-0.15, -0.1) is 0 Å². The third-order valence-electron chi connectivity index (χ3n) is 2.98. The van der Waals surface area contributed by atoms with Crippen LogP contribution < -0.4 is 14.8 Å². The summed E-state index contributed by atoms with van der Waals surface area (Å²) in [5.41, 5.74) is 0.771. The molecular weight excluding hydrogens is 318 g/mol. The molecule has 0 aliphatic heterocycles. The number of esters is 1. The van der Waals surface area contributed by atoms with Crippen LogP contribution in [0.1, 0.15) is 5.56 Å². The van der Waals surface area contributed by atoms with Crippen LogP contribution in [0.15, 0.2) is 48.5 Å². The Morgan fingerprint density at radius 2 is 1.83 bits per heavy atom. The highest BCUT2D eigenvalue weighted by Crippen LogP contribution is 2.25. The molecule has 0 spiro atoms. The van der Waals surface area contributed by atoms with Gasteiger partial charge in [-0.1, -0.05) is 35.9 Å². The Balaban J connectivity index is 1.83. The van der Waals surface area contributed by atoms with Gasteiger partial charge in [-0.05, 0) is 29.8 Å². The molecule has 0 heterocycles. The standard InChI is InChI=1S/C17H16ClNO4/c1-22-14-7-2-3-8-15(14)23-17(21)11-19-16(20)10-12-5-4-6-13(18)9-12/h2-9H,10-11H2,1H3,(H,19,20). The molecule has 2 rings (SSSR count). The Bertz CT molecular complexity index is 702. The number of hydrogen-bond acceptors (Lipinski definition) is 4. The predicted octanol–water partition coefficient (Wildman–Crippen LogP) is 2.61. The van der Waals surface area contributed by atoms with E-state index in [1.165, 1.54) is 7.11 Å². The van der Waals surface area contributed by atoms with Gasteiger partial charge in [0.15, 0.2) is 11.5 Å². The summed E-state index contributed by atoms with van der Waals surface area (Å²) >= 11 is 5.86. The van der Waals surface area contributed by atoms with Crippen molar-refractivity contribution >= 4 is 23.5 Å². The second-order valence-corrected chi connectivity index (χ2v) is 5.14. The van der Waals surface area contributed by atoms with Gasteiger partial charge in [-0.3, -0.25) is 4.79 Å². The van der Waals surface area contributed by atoms with E-state index in [0.29, 0.717) is 16.5 Å². The first-order chi connectivity index (χ1) is 11.1. The molecule has 0 aromatic heterocycles. The molecule has 0 saturated carbocycles. The summed E-state index contributed by atoms with van der Waals surface area (Å²) in [6.07, 6.45) is 0.141. The van der Waals surface area contributed by atoms with Gasteiger partial charge >= 0.3 is 5.97 Å². The van der Waals surface area contributed by atoms with Crippen LogP contribution in [0.4, 0.5) is 0 Å². The van der Waals surface area contributed by atoms with E-state index in [1.54, 1.807) is 48.5 Å². The summed E-state index contributed by atoms with van der Waals surface area (Å²) in [5, 5.41) is 3.07. The fourth-order valence-electron chi connectivity index (χ4n) is 1.93. The van der Waals surface area contributed by atoms with Crippen LogP contribution in [0.5, 0.6) is 11.5 Å². The number of amides is 1. The van der Waals surface area contributed by atoms with Crippen LogP contribution in [0, 0.1) is 0 Å². The Kier molecular flexibility index (Phi) is 6.00. The molecule has 0 atom stereocenters. The van der Waals surface area contributed by atoms with Crippen LogP contribution >= 0.6 is 11.6 Å². The number of rotatable bonds is 6. The summed E-state index contributed by atoms with van der Waals surface area (Å²) in [6, 6.07) is 13.8. The van der Waals surface area contributed by atoms with Crippen LogP contribution in [0.3, 0.4) is 0 Å². The third kappa shape index (κ3) is 5.30. The summed E-state index contributed by atoms with van der Waals surface area (Å²) in [4.78, 5) is 23.6. The van der Waals surface area contributed by atoms with Crippen molar-refractivity contribution < 1.29 is 19.1 Å². The van der Waals surface area contributed by atoms with Gasteiger partial charge < -0.3 is 14.8 Å². The summed E-state index contributed by atoms with van der Waals surface area (Å²) < 4.78 is 10.2. The molecule has 23 heavy (non-hydrogen) atoms. The predicted molar refractivity (Wildman–Crippen MR) is 86.8 cm³/mol. The summed E-state index contributed by atoms with van der Waals surface area (Å²) in [5.74, 6) is -0.103. The lowest BCUT2D eigenvalue weighted by atomic mass is 10.1. The van der Waals surface area contributed by atoms with E-state index in [0.717, 1.165) is 5.56 Å². The van der Waals surface area contributed by atoms with Crippen molar-refractivity contribution in [3.05, 3.63) is 59.1 Å². The zero-order valence-corrected chi connectivity index (χ0v) is 13.3. The molecule has 120 valence electrons. The minimum atomic E-state index is -0.575. The minimum absolute atomic E-state index is 0.141. The van der Waals surface area contributed by atoms with Crippen LogP contribution in [-0.4, -0.2) is 25.5 Å². The van der Waals surface area contributed by atoms with Crippen molar-refractivity contribution in [3.8, 4) is 11.5 Å². The van der Waals surface area contributed by atoms with Crippen LogP contribution in [-0.2, 0) is 16.0 Å². The number of methoxy groups -OCH3 is 1. The van der Waals surface area contributed by atoms with E-state index in [1.807, 2.05) is 0 Å². The topological polar surface area (TPSA) is 64.6 Å². The van der Waals surface area contributed by atoms with Crippen molar-refractivity contribution in [1.29, 1.82) is 0 Å². The molecule has 5 nitrogen and oxygen atoms in total. The smallest absolute Gasteiger partial charge is 0.330 e. The fraction of sp³-hybridized carbons (Fsp3) is 0.176. The largest absolute Gasteiger partial charge is 0.493 e. The van der Waals surface area contributed by atoms with Gasteiger partial charge in [0, 0.05) is 5.02 Å². The third-order valence-corrected chi connectivity index (χ3v) is 3.21. The molecule has 6 heteroatoms. The number of nitrogens with one attached hydrogen (secondary N) is 1. The highest BCUT2D eigenvalue weighted by Gasteiger charge is 2.11. The van der Waals surface area contributed by atoms with E-state index >= 15 is 0 Å². The van der Waals surface area contributed by atoms with Crippen molar-refractivity contribution in [2.45, 2.75) is 6.42 Å². The maximum Gasteiger partial charge on any atom is 0.330 e. The Morgan fingerprint density at radius 1 is 1.09 bits per heavy atom. The lowest BCUT2D eigenvalue weighted by Crippen LogP contribution is -2.32. The summed E-state index contributed by atoms with van der Waals surface area (Å²) in [7, 11) is 1.49. The first-order valence-corrected chi connectivity index (χ1v) is 7.31. The van der Waals surface area contributed by atoms with Crippen molar-refractivity contribution in [2.75, 3.05) is 13.7 Å². The van der Waals surface area contributed by atoms with Crippen LogP contribution in [0.25, 0.3) is 0 Å². The van der Waals surface area contributed by atoms with E-state index in [4.69, 9.17) is 21.1 Å². The molecule has 2 aromatic rings. The van der Waals surface area contributed by atoms with E-state index in [9.17, 15) is 9.59 Å². The summed E-state index contributed by atoms with van der Waals surface area (Å²) in [6.45, 7) is -0.225. The molecule has 0 aliphatic carbocycles. The number of benzene rings is 2. The highest BCUT2D eigenvalue weighted by atomic mass is 35.5. The molecule has 0 fully saturated rings. The van der Waals surface area contributed by atoms with E-state index in [-0.39, 0.29) is 18.9 Å². The second kappa shape index (κ2) is 8.19. The van der Waals surface area contributed by atoms with Crippen molar-refractivity contribution in [3.63, 3.8) is 0 Å². The van der Waals surface area contributed by atoms with E-state index in [2.05, 4.69) is 5.32 Å². The maximum absolute atomic E-state index is 11.8. The number of halogens is 1. The number of carbonyl (C=O) groups is 2. The Hall–Kier alpha value is -2.53. The van der Waals surface area contributed by atoms with Crippen molar-refractivity contribution in [1.82, 2.24) is 5.32 Å². The Morgan fingerprint density at radius 3 is 2.52 bits per heavy atom. The maximum atomic E-state index is 11.8. The van der Waals surface area contributed by atoms with Gasteiger partial charge in [0.25, 0.3) is 0 Å². The molecule has 0 unspecified atom stereocenters. The van der Waals surface area contributed by atoms with Crippen LogP contribution in [0.2, 0.25) is 5.02 Å². The molecule has 0 aliphatic rings. The van der Waals surface area contributed by atoms with Crippen molar-refractivity contribution in [2.24, 2.45) is 0 Å². The Labute approximate surface area is 139 Å². The number of ether oxygens (including phenoxy) is 2. The number of carbonyl (C=O) groups excluding carboxylic acids is 2. The second-order valence-electron chi connectivity index (χ2n) is 4.71. The lowest BCUT2D eigenvalue weighted by molar-refractivity contribution is -0.135. The average molecular weight is 334 g/mol. The molecule has 1 N–H and O–H groups in total. The van der Waals surface area contributed by atoms with Gasteiger partial charge in [0.05, 0.1) is 13.5 Å². The first kappa shape index (κ1) is 16.8. The molecule has 2 aromatic carbocycles. The zero-order valence-electron chi connectivity index (χ0n) is 12.5. The van der Waals surface area contributed by atoms with Gasteiger partial charge in [0.1, 0.15) is 6.54 Å². The average Bonchev–Trinajstić information content (AvgIpc) is 2.53. The number of hydrogen-bond donors (Lipinski definition) is 1. The molecule has 0 bridgehead atoms. The SMILES string of the molecule is COc1ccccc1OC(=O)CNC(=O)Cc1cccc(Cl)c1. The molecular formula is C17H16ClNO4. The monoisotopic (exact) mass is 333 g/mol. The van der Waals surface area contributed by atoms with Gasteiger partial charge in [0.2, 0.25) is 5.91 Å².